The van der Waals surface area contributed by atoms with E-state index in [0.717, 1.165) is 24.8 Å². The van der Waals surface area contributed by atoms with Gasteiger partial charge in [-0.2, -0.15) is 0 Å². The highest BCUT2D eigenvalue weighted by molar-refractivity contribution is 5.49. The Labute approximate surface area is 171 Å². The molecule has 0 saturated carbocycles. The fourth-order valence-corrected chi connectivity index (χ4v) is 2.81. The van der Waals surface area contributed by atoms with Crippen LogP contribution >= 0.6 is 0 Å². The van der Waals surface area contributed by atoms with E-state index < -0.39 is 5.82 Å². The van der Waals surface area contributed by atoms with E-state index in [4.69, 9.17) is 0 Å². The summed E-state index contributed by atoms with van der Waals surface area (Å²) in [5.41, 5.74) is 4.12. The molecular weight excluding hydrogens is 362 g/mol. The van der Waals surface area contributed by atoms with E-state index in [2.05, 4.69) is 30.6 Å². The van der Waals surface area contributed by atoms with Crippen molar-refractivity contribution in [3.8, 4) is 23.7 Å². The first-order valence-electron chi connectivity index (χ1n) is 9.74. The van der Waals surface area contributed by atoms with Crippen molar-refractivity contribution in [2.24, 2.45) is 0 Å². The van der Waals surface area contributed by atoms with Crippen molar-refractivity contribution in [2.75, 3.05) is 0 Å². The van der Waals surface area contributed by atoms with Crippen molar-refractivity contribution in [1.82, 2.24) is 0 Å². The molecule has 0 aliphatic heterocycles. The number of hydrogen-bond donors (Lipinski definition) is 0. The number of benzene rings is 3. The van der Waals surface area contributed by atoms with Crippen LogP contribution in [0.1, 0.15) is 53.1 Å². The molecule has 3 aromatic carbocycles. The number of aryl methyl sites for hydroxylation is 2. The number of halogens is 2. The molecule has 0 heterocycles. The first-order valence-corrected chi connectivity index (χ1v) is 9.74. The molecule has 0 spiro atoms. The maximum atomic E-state index is 14.4. The lowest BCUT2D eigenvalue weighted by Gasteiger charge is -2.02. The summed E-state index contributed by atoms with van der Waals surface area (Å²) >= 11 is 0. The smallest absolute Gasteiger partial charge is 0.140 e. The largest absolute Gasteiger partial charge is 0.207 e. The standard InChI is InChI=1S/C27H22F2/c1-3-4-5-24-15-12-23(19-26(24)28)14-17-25-16-13-22(18-27(25)29)11-10-21-8-6-20(2)7-9-21/h6-9,12-13,15-16,18-19H,3-5H2,1-2H3. The zero-order valence-electron chi connectivity index (χ0n) is 16.7. The van der Waals surface area contributed by atoms with Gasteiger partial charge in [0.1, 0.15) is 11.6 Å². The van der Waals surface area contributed by atoms with Crippen molar-refractivity contribution in [2.45, 2.75) is 33.1 Å². The van der Waals surface area contributed by atoms with E-state index in [0.29, 0.717) is 16.7 Å². The first kappa shape index (κ1) is 20.4. The number of hydrogen-bond acceptors (Lipinski definition) is 0. The summed E-state index contributed by atoms with van der Waals surface area (Å²) in [5.74, 6) is 10.9. The Bertz CT molecular complexity index is 1120. The van der Waals surface area contributed by atoms with Gasteiger partial charge in [0.05, 0.1) is 5.56 Å². The van der Waals surface area contributed by atoms with Gasteiger partial charge in [-0.25, -0.2) is 8.78 Å². The maximum absolute atomic E-state index is 14.4. The van der Waals surface area contributed by atoms with Crippen LogP contribution in [0.5, 0.6) is 0 Å². The molecule has 0 atom stereocenters. The predicted octanol–water partition coefficient (Wildman–Crippen LogP) is 6.42. The topological polar surface area (TPSA) is 0 Å². The second kappa shape index (κ2) is 9.72. The van der Waals surface area contributed by atoms with Crippen LogP contribution in [0, 0.1) is 42.2 Å². The van der Waals surface area contributed by atoms with Crippen LogP contribution in [0.25, 0.3) is 0 Å². The Hall–Kier alpha value is -3.36. The van der Waals surface area contributed by atoms with Crippen LogP contribution in [0.15, 0.2) is 60.7 Å². The Balaban J connectivity index is 1.75. The predicted molar refractivity (Wildman–Crippen MR) is 115 cm³/mol. The summed E-state index contributed by atoms with van der Waals surface area (Å²) in [6, 6.07) is 17.5. The highest BCUT2D eigenvalue weighted by Gasteiger charge is 2.03. The Morgan fingerprint density at radius 1 is 0.690 bits per heavy atom. The number of rotatable bonds is 3. The first-order chi connectivity index (χ1) is 14.0. The molecule has 0 radical (unpaired) electrons. The average Bonchev–Trinajstić information content (AvgIpc) is 2.72. The minimum atomic E-state index is -0.437. The molecule has 29 heavy (non-hydrogen) atoms. The molecule has 0 N–H and O–H groups in total. The van der Waals surface area contributed by atoms with Crippen molar-refractivity contribution in [1.29, 1.82) is 0 Å². The summed E-state index contributed by atoms with van der Waals surface area (Å²) in [5, 5.41) is 0. The van der Waals surface area contributed by atoms with Crippen LogP contribution < -0.4 is 0 Å². The molecule has 0 bridgehead atoms. The van der Waals surface area contributed by atoms with Crippen LogP contribution in [0.4, 0.5) is 8.78 Å². The Kier molecular flexibility index (Phi) is 6.83. The second-order valence-electron chi connectivity index (χ2n) is 6.97. The zero-order chi connectivity index (χ0) is 20.6. The highest BCUT2D eigenvalue weighted by atomic mass is 19.1. The van der Waals surface area contributed by atoms with Gasteiger partial charge >= 0.3 is 0 Å². The molecule has 0 aliphatic rings. The molecule has 0 nitrogen and oxygen atoms in total. The lowest BCUT2D eigenvalue weighted by atomic mass is 10.1. The van der Waals surface area contributed by atoms with Crippen LogP contribution in [-0.4, -0.2) is 0 Å². The summed E-state index contributed by atoms with van der Waals surface area (Å²) < 4.78 is 28.5. The summed E-state index contributed by atoms with van der Waals surface area (Å²) in [4.78, 5) is 0. The van der Waals surface area contributed by atoms with Crippen LogP contribution in [-0.2, 0) is 6.42 Å². The number of unbranched alkanes of at least 4 members (excludes halogenated alkanes) is 1. The van der Waals surface area contributed by atoms with Gasteiger partial charge in [-0.3, -0.25) is 0 Å². The molecule has 0 aliphatic carbocycles. The van der Waals surface area contributed by atoms with E-state index in [9.17, 15) is 8.78 Å². The van der Waals surface area contributed by atoms with Crippen molar-refractivity contribution >= 4 is 0 Å². The van der Waals surface area contributed by atoms with Crippen LogP contribution in [0.3, 0.4) is 0 Å². The van der Waals surface area contributed by atoms with E-state index >= 15 is 0 Å². The molecule has 0 unspecified atom stereocenters. The Morgan fingerprint density at radius 2 is 1.28 bits per heavy atom. The molecule has 144 valence electrons. The van der Waals surface area contributed by atoms with Gasteiger partial charge in [-0.15, -0.1) is 0 Å². The summed E-state index contributed by atoms with van der Waals surface area (Å²) in [6.07, 6.45) is 2.69. The molecule has 3 aromatic rings. The molecule has 0 saturated heterocycles. The fraction of sp³-hybridized carbons (Fsp3) is 0.185. The van der Waals surface area contributed by atoms with Gasteiger partial charge < -0.3 is 0 Å². The SMILES string of the molecule is CCCCc1ccc(C#Cc2ccc(C#Cc3ccc(C)cc3)cc2F)cc1F. The lowest BCUT2D eigenvalue weighted by Crippen LogP contribution is -1.91. The second-order valence-corrected chi connectivity index (χ2v) is 6.97. The van der Waals surface area contributed by atoms with Crippen molar-refractivity contribution < 1.29 is 8.78 Å². The monoisotopic (exact) mass is 384 g/mol. The lowest BCUT2D eigenvalue weighted by molar-refractivity contribution is 0.603. The minimum Gasteiger partial charge on any atom is -0.207 e. The molecular formula is C27H22F2. The molecule has 0 fully saturated rings. The molecule has 3 rings (SSSR count). The molecule has 0 aromatic heterocycles. The molecule has 2 heteroatoms. The van der Waals surface area contributed by atoms with Crippen LogP contribution in [0.2, 0.25) is 0 Å². The summed E-state index contributed by atoms with van der Waals surface area (Å²) in [7, 11) is 0. The molecule has 0 amide bonds. The normalized spacial score (nSPS) is 9.93. The van der Waals surface area contributed by atoms with Gasteiger partial charge in [0.15, 0.2) is 0 Å². The van der Waals surface area contributed by atoms with Gasteiger partial charge in [0.25, 0.3) is 0 Å². The van der Waals surface area contributed by atoms with Crippen molar-refractivity contribution in [3.05, 3.63) is 106 Å². The van der Waals surface area contributed by atoms with E-state index in [1.165, 1.54) is 17.7 Å². The fourth-order valence-electron chi connectivity index (χ4n) is 2.81. The average molecular weight is 384 g/mol. The van der Waals surface area contributed by atoms with E-state index in [-0.39, 0.29) is 11.4 Å². The van der Waals surface area contributed by atoms with Gasteiger partial charge in [0.2, 0.25) is 0 Å². The quantitative estimate of drug-likeness (QED) is 0.457. The maximum Gasteiger partial charge on any atom is 0.140 e. The van der Waals surface area contributed by atoms with Gasteiger partial charge in [0, 0.05) is 16.7 Å². The third-order valence-corrected chi connectivity index (χ3v) is 4.57. The highest BCUT2D eigenvalue weighted by Crippen LogP contribution is 2.14. The van der Waals surface area contributed by atoms with Gasteiger partial charge in [-0.1, -0.05) is 60.8 Å². The third-order valence-electron chi connectivity index (χ3n) is 4.57. The zero-order valence-corrected chi connectivity index (χ0v) is 16.7. The minimum absolute atomic E-state index is 0.257. The van der Waals surface area contributed by atoms with E-state index in [1.807, 2.05) is 31.2 Å². The Morgan fingerprint density at radius 3 is 1.93 bits per heavy atom. The van der Waals surface area contributed by atoms with Gasteiger partial charge in [-0.05, 0) is 67.8 Å². The third kappa shape index (κ3) is 5.81. The van der Waals surface area contributed by atoms with Crippen molar-refractivity contribution in [3.63, 3.8) is 0 Å². The summed E-state index contributed by atoms with van der Waals surface area (Å²) in [6.45, 7) is 4.09. The van der Waals surface area contributed by atoms with E-state index in [1.54, 1.807) is 24.3 Å².